The van der Waals surface area contributed by atoms with Gasteiger partial charge in [0.05, 0.1) is 17.5 Å². The Morgan fingerprint density at radius 3 is 2.55 bits per heavy atom. The maximum Gasteiger partial charge on any atom is 0.519 e. The summed E-state index contributed by atoms with van der Waals surface area (Å²) in [6.45, 7) is 2.96. The lowest BCUT2D eigenvalue weighted by atomic mass is 9.92. The van der Waals surface area contributed by atoms with Crippen LogP contribution >= 0.6 is 23.4 Å². The molecule has 0 aliphatic carbocycles. The van der Waals surface area contributed by atoms with Crippen LogP contribution in [0, 0.1) is 24.2 Å². The van der Waals surface area contributed by atoms with Crippen molar-refractivity contribution in [3.8, 4) is 6.07 Å². The first-order chi connectivity index (χ1) is 20.0. The van der Waals surface area contributed by atoms with Crippen LogP contribution in [0.2, 0.25) is 0 Å². The maximum absolute atomic E-state index is 13.8. The molecule has 2 fully saturated rings. The second-order valence-electron chi connectivity index (χ2n) is 10.7. The molecule has 0 spiro atoms. The minimum Gasteiger partial charge on any atom is -0.441 e. The minimum atomic E-state index is -1.53. The van der Waals surface area contributed by atoms with Gasteiger partial charge in [-0.05, 0) is 51.7 Å². The fraction of sp³-hybridized carbons (Fsp3) is 0.778. The van der Waals surface area contributed by atoms with E-state index in [4.69, 9.17) is 35.2 Å². The van der Waals surface area contributed by atoms with Crippen LogP contribution in [0.3, 0.4) is 0 Å². The van der Waals surface area contributed by atoms with Crippen molar-refractivity contribution in [3.05, 3.63) is 22.1 Å². The molecule has 3 heterocycles. The number of likely N-dealkylation sites (tertiary alicyclic amines) is 1. The van der Waals surface area contributed by atoms with E-state index in [-0.39, 0.29) is 30.6 Å². The number of ether oxygens (including phenoxy) is 2. The van der Waals surface area contributed by atoms with Gasteiger partial charge in [0, 0.05) is 13.0 Å². The van der Waals surface area contributed by atoms with Crippen molar-refractivity contribution in [3.63, 3.8) is 0 Å². The maximum atomic E-state index is 13.8. The van der Waals surface area contributed by atoms with Crippen LogP contribution < -0.4 is 11.1 Å². The van der Waals surface area contributed by atoms with Gasteiger partial charge in [-0.25, -0.2) is 9.59 Å². The highest BCUT2D eigenvalue weighted by Crippen LogP contribution is 2.31. The number of unbranched alkanes of at least 4 members (excludes halogenated alkanes) is 2. The molecule has 9 unspecified atom stereocenters. The number of hydrogen-bond acceptors (Lipinski definition) is 12. The summed E-state index contributed by atoms with van der Waals surface area (Å²) < 4.78 is 21.0. The summed E-state index contributed by atoms with van der Waals surface area (Å²) in [7, 11) is 0. The largest absolute Gasteiger partial charge is 0.519 e. The quantitative estimate of drug-likeness (QED) is 0.205. The number of thioether (sulfide) groups is 1. The van der Waals surface area contributed by atoms with Crippen LogP contribution in [0.25, 0.3) is 0 Å². The average Bonchev–Trinajstić information content (AvgIpc) is 3.14. The van der Waals surface area contributed by atoms with Crippen LogP contribution in [0.4, 0.5) is 4.79 Å². The Morgan fingerprint density at radius 2 is 1.93 bits per heavy atom. The molecular weight excluding hydrogens is 594 g/mol. The Balaban J connectivity index is 1.78. The third kappa shape index (κ3) is 8.64. The number of amides is 2. The number of alkyl halides is 1. The van der Waals surface area contributed by atoms with Gasteiger partial charge >= 0.3 is 11.9 Å². The Morgan fingerprint density at radius 1 is 1.19 bits per heavy atom. The number of rotatable bonds is 11. The second-order valence-corrected chi connectivity index (χ2v) is 12.3. The molecule has 15 heteroatoms. The van der Waals surface area contributed by atoms with E-state index >= 15 is 0 Å². The van der Waals surface area contributed by atoms with Crippen molar-refractivity contribution in [1.82, 2.24) is 10.2 Å². The minimum absolute atomic E-state index is 0.0584. The van der Waals surface area contributed by atoms with Crippen LogP contribution in [0.5, 0.6) is 0 Å². The fourth-order valence-electron chi connectivity index (χ4n) is 5.39. The molecule has 3 rings (SSSR count). The predicted molar refractivity (Wildman–Crippen MR) is 152 cm³/mol. The normalized spacial score (nSPS) is 29.7. The van der Waals surface area contributed by atoms with Crippen molar-refractivity contribution >= 4 is 35.4 Å². The van der Waals surface area contributed by atoms with Gasteiger partial charge in [-0.3, -0.25) is 9.69 Å². The molecule has 0 bridgehead atoms. The number of aliphatic hydroxyl groups excluding tert-OH is 3. The van der Waals surface area contributed by atoms with Crippen molar-refractivity contribution in [2.45, 2.75) is 113 Å². The van der Waals surface area contributed by atoms with Gasteiger partial charge in [0.2, 0.25) is 5.91 Å². The number of hydrogen-bond donors (Lipinski definition) is 4. The van der Waals surface area contributed by atoms with Gasteiger partial charge in [0.15, 0.2) is 18.1 Å². The molecule has 9 atom stereocenters. The van der Waals surface area contributed by atoms with Crippen LogP contribution in [0.1, 0.15) is 63.4 Å². The molecular formula is C27H40ClN3O10S. The summed E-state index contributed by atoms with van der Waals surface area (Å²) in [4.78, 5) is 39.8. The lowest BCUT2D eigenvalue weighted by Gasteiger charge is -2.44. The number of aliphatic hydroxyl groups is 3. The van der Waals surface area contributed by atoms with Crippen LogP contribution in [0.15, 0.2) is 13.6 Å². The molecule has 42 heavy (non-hydrogen) atoms. The number of carbonyl (C=O) groups excluding carboxylic acids is 2. The highest BCUT2D eigenvalue weighted by molar-refractivity contribution is 7.99. The van der Waals surface area contributed by atoms with Crippen LogP contribution in [-0.2, 0) is 20.9 Å². The molecule has 4 N–H and O–H groups in total. The monoisotopic (exact) mass is 633 g/mol. The summed E-state index contributed by atoms with van der Waals surface area (Å²) in [5.41, 5.74) is -0.860. The number of nitrogens with one attached hydrogen (secondary N) is 1. The Bertz CT molecular complexity index is 1140. The van der Waals surface area contributed by atoms with Crippen molar-refractivity contribution in [1.29, 1.82) is 5.26 Å². The van der Waals surface area contributed by atoms with Gasteiger partial charge in [0.25, 0.3) is 0 Å². The van der Waals surface area contributed by atoms with E-state index in [1.54, 1.807) is 13.2 Å². The molecule has 13 nitrogen and oxygen atoms in total. The molecule has 1 aromatic heterocycles. The van der Waals surface area contributed by atoms with E-state index in [1.165, 1.54) is 11.8 Å². The smallest absolute Gasteiger partial charge is 0.441 e. The Kier molecular flexibility index (Phi) is 13.0. The number of nitriles is 1. The Hall–Kier alpha value is -2.28. The zero-order chi connectivity index (χ0) is 31.0. The van der Waals surface area contributed by atoms with E-state index in [1.807, 2.05) is 0 Å². The molecule has 0 saturated carbocycles. The number of aryl methyl sites for hydroxylation is 1. The highest BCUT2D eigenvalue weighted by atomic mass is 35.5. The zero-order valence-corrected chi connectivity index (χ0v) is 25.5. The summed E-state index contributed by atoms with van der Waals surface area (Å²) in [5, 5.41) is 42.3. The van der Waals surface area contributed by atoms with Crippen molar-refractivity contribution in [2.75, 3.05) is 12.8 Å². The van der Waals surface area contributed by atoms with Crippen LogP contribution in [-0.4, -0.2) is 92.3 Å². The summed E-state index contributed by atoms with van der Waals surface area (Å²) >= 11 is 7.58. The third-order valence-corrected chi connectivity index (χ3v) is 8.98. The topological polar surface area (TPSA) is 196 Å². The van der Waals surface area contributed by atoms with Crippen molar-refractivity contribution in [2.24, 2.45) is 5.92 Å². The molecule has 2 saturated heterocycles. The highest BCUT2D eigenvalue weighted by Gasteiger charge is 2.48. The fourth-order valence-corrected chi connectivity index (χ4v) is 6.27. The zero-order valence-electron chi connectivity index (χ0n) is 23.9. The SMILES string of the molecule is CSC1OC(C(NC(=O)C2CCC(CCCCC#N)CCN2C(=O)OCc2oc(=O)oc2C)C(C)Cl)C(O)C(O)C1O. The lowest BCUT2D eigenvalue weighted by molar-refractivity contribution is -0.205. The summed E-state index contributed by atoms with van der Waals surface area (Å²) in [5.74, 6) is -1.01. The van der Waals surface area contributed by atoms with Gasteiger partial charge in [0.1, 0.15) is 35.9 Å². The van der Waals surface area contributed by atoms with Gasteiger partial charge in [-0.2, -0.15) is 5.26 Å². The van der Waals surface area contributed by atoms with Gasteiger partial charge < -0.3 is 38.9 Å². The molecule has 0 radical (unpaired) electrons. The average molecular weight is 634 g/mol. The number of carbonyl (C=O) groups is 2. The Labute approximate surface area is 253 Å². The lowest BCUT2D eigenvalue weighted by Crippen LogP contribution is -2.65. The summed E-state index contributed by atoms with van der Waals surface area (Å²) in [6.07, 6.45) is -0.118. The second kappa shape index (κ2) is 16.0. The van der Waals surface area contributed by atoms with E-state index in [9.17, 15) is 29.7 Å². The first-order valence-electron chi connectivity index (χ1n) is 14.0. The summed E-state index contributed by atoms with van der Waals surface area (Å²) in [6, 6.07) is 0.208. The number of halogens is 1. The van der Waals surface area contributed by atoms with Gasteiger partial charge in [-0.15, -0.1) is 23.4 Å². The van der Waals surface area contributed by atoms with E-state index in [0.29, 0.717) is 25.7 Å². The van der Waals surface area contributed by atoms with E-state index in [2.05, 4.69) is 11.4 Å². The first kappa shape index (κ1) is 34.2. The molecule has 1 aromatic rings. The number of nitrogens with zero attached hydrogens (tertiary/aromatic N) is 2. The molecule has 2 aliphatic heterocycles. The molecule has 2 aliphatic rings. The van der Waals surface area contributed by atoms with E-state index in [0.717, 1.165) is 31.0 Å². The predicted octanol–water partition coefficient (Wildman–Crippen LogP) is 2.02. The standard InChI is InChI=1S/C27H40ClN3O10S/c1-14(28)19(23-21(33)20(32)22(34)25(41-23)42-3)30-24(35)17-9-8-16(7-5-4-6-11-29)10-12-31(17)26(36)38-13-18-15(2)39-27(37)40-18/h14,16-17,19-23,25,32-34H,4-10,12-13H2,1-3H3,(H,30,35). The van der Waals surface area contributed by atoms with Gasteiger partial charge in [-0.1, -0.05) is 12.8 Å². The van der Waals surface area contributed by atoms with Crippen molar-refractivity contribution < 1.29 is 43.2 Å². The van der Waals surface area contributed by atoms with E-state index < -0.39 is 65.1 Å². The molecule has 236 valence electrons. The first-order valence-corrected chi connectivity index (χ1v) is 15.8. The third-order valence-electron chi connectivity index (χ3n) is 7.85. The molecule has 2 amide bonds. The molecule has 0 aromatic carbocycles.